The van der Waals surface area contributed by atoms with E-state index in [2.05, 4.69) is 18.7 Å². The van der Waals surface area contributed by atoms with Gasteiger partial charge in [0.05, 0.1) is 0 Å². The molecule has 3 heteroatoms. The van der Waals surface area contributed by atoms with E-state index in [0.29, 0.717) is 11.8 Å². The monoisotopic (exact) mass is 227 g/mol. The number of nitrogens with zero attached hydrogens (tertiary/aromatic N) is 1. The third-order valence-electron chi connectivity index (χ3n) is 3.54. The molecule has 1 heterocycles. The van der Waals surface area contributed by atoms with Gasteiger partial charge in [0.1, 0.15) is 5.78 Å². The Kier molecular flexibility index (Phi) is 5.99. The molecule has 0 radical (unpaired) electrons. The molecular formula is C13H25NO2. The lowest BCUT2D eigenvalue weighted by atomic mass is 9.90. The summed E-state index contributed by atoms with van der Waals surface area (Å²) in [5.74, 6) is 0.622. The summed E-state index contributed by atoms with van der Waals surface area (Å²) < 4.78 is 5.46. The molecule has 2 unspecified atom stereocenters. The lowest BCUT2D eigenvalue weighted by molar-refractivity contribution is -0.127. The van der Waals surface area contributed by atoms with Crippen LogP contribution in [0.3, 0.4) is 0 Å². The maximum Gasteiger partial charge on any atom is 0.138 e. The minimum atomic E-state index is 0.199. The molecule has 0 N–H and O–H groups in total. The number of hydrogen-bond acceptors (Lipinski definition) is 3. The summed E-state index contributed by atoms with van der Waals surface area (Å²) in [5, 5.41) is 0. The number of Topliss-reactive ketones (excluding diaryl/α,β-unsaturated/α-hetero) is 1. The fourth-order valence-corrected chi connectivity index (χ4v) is 2.20. The summed E-state index contributed by atoms with van der Waals surface area (Å²) in [7, 11) is 0. The first-order valence-corrected chi connectivity index (χ1v) is 6.51. The van der Waals surface area contributed by atoms with E-state index in [9.17, 15) is 4.79 Å². The molecule has 1 aliphatic rings. The molecule has 2 atom stereocenters. The van der Waals surface area contributed by atoms with Gasteiger partial charge in [-0.2, -0.15) is 0 Å². The van der Waals surface area contributed by atoms with E-state index in [1.807, 2.05) is 6.92 Å². The van der Waals surface area contributed by atoms with Crippen LogP contribution in [0.2, 0.25) is 0 Å². The summed E-state index contributed by atoms with van der Waals surface area (Å²) in [6.07, 6.45) is 2.89. The van der Waals surface area contributed by atoms with Gasteiger partial charge in [-0.25, -0.2) is 0 Å². The van der Waals surface area contributed by atoms with Gasteiger partial charge >= 0.3 is 0 Å². The average Bonchev–Trinajstić information content (AvgIpc) is 2.28. The fourth-order valence-electron chi connectivity index (χ4n) is 2.20. The molecule has 1 saturated heterocycles. The second kappa shape index (κ2) is 7.02. The highest BCUT2D eigenvalue weighted by atomic mass is 16.5. The van der Waals surface area contributed by atoms with Crippen LogP contribution in [0, 0.1) is 5.92 Å². The van der Waals surface area contributed by atoms with Crippen molar-refractivity contribution < 1.29 is 9.53 Å². The summed E-state index contributed by atoms with van der Waals surface area (Å²) in [6, 6.07) is 0.396. The van der Waals surface area contributed by atoms with Gasteiger partial charge < -0.3 is 4.74 Å². The quantitative estimate of drug-likeness (QED) is 0.651. The Hall–Kier alpha value is -0.410. The lowest BCUT2D eigenvalue weighted by Crippen LogP contribution is -2.47. The van der Waals surface area contributed by atoms with Crippen LogP contribution in [-0.4, -0.2) is 43.0 Å². The predicted molar refractivity (Wildman–Crippen MR) is 65.6 cm³/mol. The van der Waals surface area contributed by atoms with Crippen LogP contribution in [0.4, 0.5) is 0 Å². The number of carbonyl (C=O) groups is 1. The number of rotatable bonds is 6. The van der Waals surface area contributed by atoms with Gasteiger partial charge in [0.15, 0.2) is 0 Å². The smallest absolute Gasteiger partial charge is 0.138 e. The summed E-state index contributed by atoms with van der Waals surface area (Å²) in [4.78, 5) is 13.9. The van der Waals surface area contributed by atoms with E-state index >= 15 is 0 Å². The predicted octanol–water partition coefficient (Wildman–Crippen LogP) is 2.10. The van der Waals surface area contributed by atoms with Crippen molar-refractivity contribution in [3.63, 3.8) is 0 Å². The van der Waals surface area contributed by atoms with Crippen LogP contribution >= 0.6 is 0 Å². The fraction of sp³-hybridized carbons (Fsp3) is 0.923. The van der Waals surface area contributed by atoms with Crippen molar-refractivity contribution in [2.24, 2.45) is 5.92 Å². The Morgan fingerprint density at radius 2 is 2.12 bits per heavy atom. The van der Waals surface area contributed by atoms with E-state index in [0.717, 1.165) is 45.6 Å². The molecule has 0 saturated carbocycles. The maximum atomic E-state index is 11.5. The zero-order valence-electron chi connectivity index (χ0n) is 10.9. The highest BCUT2D eigenvalue weighted by molar-refractivity contribution is 5.82. The van der Waals surface area contributed by atoms with Crippen LogP contribution in [-0.2, 0) is 9.53 Å². The second-order valence-electron chi connectivity index (χ2n) is 4.75. The molecule has 0 aromatic rings. The Morgan fingerprint density at radius 3 is 2.81 bits per heavy atom. The van der Waals surface area contributed by atoms with Crippen molar-refractivity contribution in [1.82, 2.24) is 4.90 Å². The van der Waals surface area contributed by atoms with Gasteiger partial charge in [-0.1, -0.05) is 13.8 Å². The Bertz CT molecular complexity index is 218. The Morgan fingerprint density at radius 1 is 1.38 bits per heavy atom. The molecule has 1 fully saturated rings. The van der Waals surface area contributed by atoms with E-state index in [1.165, 1.54) is 0 Å². The molecule has 0 aromatic carbocycles. The summed E-state index contributed by atoms with van der Waals surface area (Å²) in [5.41, 5.74) is 0. The van der Waals surface area contributed by atoms with Gasteiger partial charge in [-0.15, -0.1) is 0 Å². The van der Waals surface area contributed by atoms with Crippen LogP contribution in [0.15, 0.2) is 0 Å². The van der Waals surface area contributed by atoms with Crippen LogP contribution in [0.5, 0.6) is 0 Å². The van der Waals surface area contributed by atoms with Gasteiger partial charge in [-0.3, -0.25) is 9.69 Å². The molecule has 3 nitrogen and oxygen atoms in total. The zero-order chi connectivity index (χ0) is 12.0. The summed E-state index contributed by atoms with van der Waals surface area (Å²) in [6.45, 7) is 10.0. The standard InChI is InChI=1S/C13H25NO2/c1-4-9-16-10-5-7-14-8-6-13(15)11(2)12(14)3/h11-12H,4-10H2,1-3H3. The van der Waals surface area contributed by atoms with Crippen molar-refractivity contribution >= 4 is 5.78 Å². The van der Waals surface area contributed by atoms with E-state index in [1.54, 1.807) is 0 Å². The van der Waals surface area contributed by atoms with Crippen LogP contribution in [0.25, 0.3) is 0 Å². The third kappa shape index (κ3) is 3.87. The minimum absolute atomic E-state index is 0.199. The topological polar surface area (TPSA) is 29.5 Å². The van der Waals surface area contributed by atoms with E-state index in [4.69, 9.17) is 4.74 Å². The van der Waals surface area contributed by atoms with Crippen molar-refractivity contribution in [2.75, 3.05) is 26.3 Å². The Labute approximate surface area is 99.1 Å². The highest BCUT2D eigenvalue weighted by Gasteiger charge is 2.29. The molecule has 0 bridgehead atoms. The van der Waals surface area contributed by atoms with Gasteiger partial charge in [0.2, 0.25) is 0 Å². The van der Waals surface area contributed by atoms with Crippen molar-refractivity contribution in [2.45, 2.75) is 46.1 Å². The van der Waals surface area contributed by atoms with E-state index < -0.39 is 0 Å². The van der Waals surface area contributed by atoms with Crippen molar-refractivity contribution in [1.29, 1.82) is 0 Å². The molecule has 1 rings (SSSR count). The molecule has 0 spiro atoms. The number of piperidine rings is 1. The number of ketones is 1. The Balaban J connectivity index is 2.19. The number of ether oxygens (including phenoxy) is 1. The van der Waals surface area contributed by atoms with Crippen molar-refractivity contribution in [3.8, 4) is 0 Å². The third-order valence-corrected chi connectivity index (χ3v) is 3.54. The lowest BCUT2D eigenvalue weighted by Gasteiger charge is -2.36. The number of hydrogen-bond donors (Lipinski definition) is 0. The molecule has 0 aromatic heterocycles. The first-order chi connectivity index (χ1) is 7.66. The molecular weight excluding hydrogens is 202 g/mol. The van der Waals surface area contributed by atoms with Gasteiger partial charge in [-0.05, 0) is 19.8 Å². The van der Waals surface area contributed by atoms with Crippen molar-refractivity contribution in [3.05, 3.63) is 0 Å². The van der Waals surface area contributed by atoms with Crippen LogP contribution < -0.4 is 0 Å². The SMILES string of the molecule is CCCOCCCN1CCC(=O)C(C)C1C. The average molecular weight is 227 g/mol. The number of carbonyl (C=O) groups excluding carboxylic acids is 1. The maximum absolute atomic E-state index is 11.5. The molecule has 0 aliphatic carbocycles. The summed E-state index contributed by atoms with van der Waals surface area (Å²) >= 11 is 0. The highest BCUT2D eigenvalue weighted by Crippen LogP contribution is 2.19. The van der Waals surface area contributed by atoms with Crippen LogP contribution in [0.1, 0.15) is 40.0 Å². The van der Waals surface area contributed by atoms with E-state index in [-0.39, 0.29) is 5.92 Å². The van der Waals surface area contributed by atoms with Gasteiger partial charge in [0, 0.05) is 44.7 Å². The first kappa shape index (κ1) is 13.7. The zero-order valence-corrected chi connectivity index (χ0v) is 10.9. The molecule has 1 aliphatic heterocycles. The van der Waals surface area contributed by atoms with Gasteiger partial charge in [0.25, 0.3) is 0 Å². The molecule has 94 valence electrons. The minimum Gasteiger partial charge on any atom is -0.381 e. The molecule has 0 amide bonds. The normalized spacial score (nSPS) is 27.3. The molecule has 16 heavy (non-hydrogen) atoms. The second-order valence-corrected chi connectivity index (χ2v) is 4.75. The first-order valence-electron chi connectivity index (χ1n) is 6.51. The number of likely N-dealkylation sites (tertiary alicyclic amines) is 1. The largest absolute Gasteiger partial charge is 0.381 e.